The van der Waals surface area contributed by atoms with Crippen LogP contribution < -0.4 is 19.2 Å². The average molecular weight is 756 g/mol. The maximum atomic E-state index is 16.5. The lowest BCUT2D eigenvalue weighted by Crippen LogP contribution is -2.79. The molecule has 264 valence electrons. The fraction of sp³-hybridized carbons (Fsp3) is 0. The summed E-state index contributed by atoms with van der Waals surface area (Å²) < 4.78 is 293. The van der Waals surface area contributed by atoms with Crippen LogP contribution in [-0.4, -0.2) is 8.72 Å². The molecule has 0 bridgehead atoms. The standard InChI is InChI=1S/C24H4F20N4Si/c25-5-1-9(17(33)21(37)13(5)29)45(41)49(46(42)10-2-6(26)14(30)22(38)18(10)34,47(43)11-3-7(27)15(31)23(39)19(11)35)48(44)12-4-8(28)16(32)24(40)20(12)36/h1-4H. The predicted octanol–water partition coefficient (Wildman–Crippen LogP) is 9.21. The average Bonchev–Trinajstić information content (AvgIpc) is 3.07. The molecule has 0 heterocycles. The Hall–Kier alpha value is -5.10. The zero-order chi connectivity index (χ0) is 37.2. The van der Waals surface area contributed by atoms with Gasteiger partial charge < -0.3 is 0 Å². The van der Waals surface area contributed by atoms with Crippen molar-refractivity contribution < 1.29 is 88.2 Å². The highest BCUT2D eigenvalue weighted by Gasteiger charge is 2.69. The SMILES string of the molecule is Fc1cc(N(F)[Si](N(F)c2cc(F)c(F)c(F)c2F)(N(F)c2cc(F)c(F)c(F)c2F)N(F)c2cc(F)c(F)c(F)c2F)c(F)c(F)c1F. The zero-order valence-electron chi connectivity index (χ0n) is 22.2. The molecule has 0 radical (unpaired) electrons. The Morgan fingerprint density at radius 2 is 0.429 bits per heavy atom. The van der Waals surface area contributed by atoms with Crippen LogP contribution in [0.4, 0.5) is 111 Å². The van der Waals surface area contributed by atoms with Crippen molar-refractivity contribution >= 4 is 31.5 Å². The fourth-order valence-electron chi connectivity index (χ4n) is 3.92. The van der Waals surface area contributed by atoms with Crippen molar-refractivity contribution in [3.05, 3.63) is 117 Å². The maximum Gasteiger partial charge on any atom is 0.619 e. The van der Waals surface area contributed by atoms with Gasteiger partial charge in [-0.05, 0) is 0 Å². The molecular weight excluding hydrogens is 752 g/mol. The molecular formula is C24H4F20N4Si. The Kier molecular flexibility index (Phi) is 9.54. The summed E-state index contributed by atoms with van der Waals surface area (Å²) in [5.41, 5.74) is -11.6. The molecule has 0 unspecified atom stereocenters. The molecule has 0 spiro atoms. The van der Waals surface area contributed by atoms with Crippen molar-refractivity contribution in [3.8, 4) is 0 Å². The van der Waals surface area contributed by atoms with Crippen LogP contribution >= 0.6 is 0 Å². The van der Waals surface area contributed by atoms with Crippen LogP contribution in [0.1, 0.15) is 0 Å². The van der Waals surface area contributed by atoms with Crippen molar-refractivity contribution in [1.29, 1.82) is 0 Å². The van der Waals surface area contributed by atoms with E-state index < -0.39 is 168 Å². The van der Waals surface area contributed by atoms with Crippen molar-refractivity contribution in [2.75, 3.05) is 19.2 Å². The van der Waals surface area contributed by atoms with E-state index in [0.29, 0.717) is 0 Å². The molecule has 0 saturated carbocycles. The Bertz CT molecular complexity index is 1710. The first-order chi connectivity index (χ1) is 22.6. The molecule has 0 saturated heterocycles. The minimum atomic E-state index is -8.67. The highest BCUT2D eigenvalue weighted by molar-refractivity contribution is 6.90. The summed E-state index contributed by atoms with van der Waals surface area (Å²) in [5.74, 6) is -48.3. The molecule has 0 aromatic heterocycles. The number of hydrogen-bond donors (Lipinski definition) is 0. The number of nitrogens with zero attached hydrogens (tertiary/aromatic N) is 4. The summed E-state index contributed by atoms with van der Waals surface area (Å²) in [6, 6.07) is -4.01. The number of hydrogen-bond acceptors (Lipinski definition) is 4. The minimum Gasteiger partial charge on any atom is -0.204 e. The molecule has 25 heteroatoms. The van der Waals surface area contributed by atoms with Gasteiger partial charge in [0.25, 0.3) is 0 Å². The Balaban J connectivity index is 2.30. The Labute approximate surface area is 256 Å². The number of rotatable bonds is 8. The van der Waals surface area contributed by atoms with Gasteiger partial charge >= 0.3 is 8.72 Å². The van der Waals surface area contributed by atoms with Gasteiger partial charge in [-0.3, -0.25) is 0 Å². The second-order valence-electron chi connectivity index (χ2n) is 9.00. The highest BCUT2D eigenvalue weighted by atomic mass is 28.4. The van der Waals surface area contributed by atoms with Gasteiger partial charge in [-0.1, -0.05) is 0 Å². The van der Waals surface area contributed by atoms with E-state index in [0.717, 1.165) is 0 Å². The van der Waals surface area contributed by atoms with Gasteiger partial charge in [-0.15, -0.1) is 17.9 Å². The number of halogens is 20. The van der Waals surface area contributed by atoms with Crippen molar-refractivity contribution in [2.45, 2.75) is 0 Å². The first-order valence-electron chi connectivity index (χ1n) is 11.8. The first kappa shape index (κ1) is 36.7. The van der Waals surface area contributed by atoms with E-state index in [4.69, 9.17) is 0 Å². The molecule has 4 rings (SSSR count). The van der Waals surface area contributed by atoms with E-state index in [9.17, 15) is 70.2 Å². The normalized spacial score (nSPS) is 11.7. The van der Waals surface area contributed by atoms with Gasteiger partial charge in [0.1, 0.15) is 22.7 Å². The second-order valence-corrected chi connectivity index (χ2v) is 11.8. The van der Waals surface area contributed by atoms with E-state index in [-0.39, 0.29) is 0 Å². The smallest absolute Gasteiger partial charge is 0.204 e. The topological polar surface area (TPSA) is 13.0 Å². The maximum absolute atomic E-state index is 16.5. The van der Waals surface area contributed by atoms with Gasteiger partial charge in [0.05, 0.1) is 0 Å². The summed E-state index contributed by atoms with van der Waals surface area (Å²) in [5, 5.41) is 0. The van der Waals surface area contributed by atoms with Gasteiger partial charge in [0, 0.05) is 24.3 Å². The van der Waals surface area contributed by atoms with E-state index in [1.54, 1.807) is 0 Å². The summed E-state index contributed by atoms with van der Waals surface area (Å²) in [6.45, 7) is 0. The molecule has 0 N–H and O–H groups in total. The molecule has 0 aliphatic heterocycles. The molecule has 0 amide bonds. The van der Waals surface area contributed by atoms with Gasteiger partial charge in [-0.25, -0.2) is 70.2 Å². The molecule has 0 aliphatic carbocycles. The molecule has 4 nitrogen and oxygen atoms in total. The van der Waals surface area contributed by atoms with Crippen molar-refractivity contribution in [2.24, 2.45) is 0 Å². The summed E-state index contributed by atoms with van der Waals surface area (Å²) in [4.78, 5) is -9.93. The quantitative estimate of drug-likeness (QED) is 0.0585. The van der Waals surface area contributed by atoms with Crippen LogP contribution in [0, 0.1) is 93.1 Å². The van der Waals surface area contributed by atoms with E-state index in [1.165, 1.54) is 0 Å². The van der Waals surface area contributed by atoms with Crippen LogP contribution in [0.3, 0.4) is 0 Å². The molecule has 4 aromatic rings. The Morgan fingerprint density at radius 1 is 0.265 bits per heavy atom. The first-order valence-corrected chi connectivity index (χ1v) is 13.6. The fourth-order valence-corrected chi connectivity index (χ4v) is 6.79. The predicted molar refractivity (Wildman–Crippen MR) is 125 cm³/mol. The van der Waals surface area contributed by atoms with Crippen molar-refractivity contribution in [1.82, 2.24) is 0 Å². The summed E-state index contributed by atoms with van der Waals surface area (Å²) in [7, 11) is -8.67. The van der Waals surface area contributed by atoms with Crippen LogP contribution in [0.2, 0.25) is 0 Å². The molecule has 49 heavy (non-hydrogen) atoms. The molecule has 0 aliphatic rings. The van der Waals surface area contributed by atoms with Crippen LogP contribution in [0.5, 0.6) is 0 Å². The third-order valence-corrected chi connectivity index (χ3v) is 9.30. The van der Waals surface area contributed by atoms with E-state index in [2.05, 4.69) is 0 Å². The van der Waals surface area contributed by atoms with Crippen LogP contribution in [0.25, 0.3) is 0 Å². The third-order valence-electron chi connectivity index (χ3n) is 6.23. The van der Waals surface area contributed by atoms with Gasteiger partial charge in [-0.2, -0.15) is 19.2 Å². The largest absolute Gasteiger partial charge is 0.619 e. The summed E-state index contributed by atoms with van der Waals surface area (Å²) in [6.07, 6.45) is 0. The molecule has 4 aromatic carbocycles. The monoisotopic (exact) mass is 756 g/mol. The highest BCUT2D eigenvalue weighted by Crippen LogP contribution is 2.45. The van der Waals surface area contributed by atoms with E-state index >= 15 is 17.9 Å². The van der Waals surface area contributed by atoms with Crippen LogP contribution in [0.15, 0.2) is 24.3 Å². The second kappa shape index (κ2) is 12.7. The van der Waals surface area contributed by atoms with E-state index in [1.807, 2.05) is 0 Å². The number of benzene rings is 4. The lowest BCUT2D eigenvalue weighted by molar-refractivity contribution is 0.355. The van der Waals surface area contributed by atoms with Gasteiger partial charge in [0.15, 0.2) is 93.1 Å². The minimum absolute atomic E-state index is 1.00. The van der Waals surface area contributed by atoms with Gasteiger partial charge in [0.2, 0.25) is 0 Å². The zero-order valence-corrected chi connectivity index (χ0v) is 23.2. The molecule has 0 atom stereocenters. The Morgan fingerprint density at radius 3 is 0.592 bits per heavy atom. The lowest BCUT2D eigenvalue weighted by Gasteiger charge is -2.44. The molecule has 0 fully saturated rings. The van der Waals surface area contributed by atoms with Crippen LogP contribution in [-0.2, 0) is 0 Å². The lowest BCUT2D eigenvalue weighted by atomic mass is 10.3. The summed E-state index contributed by atoms with van der Waals surface area (Å²) >= 11 is 0. The number of anilines is 4. The van der Waals surface area contributed by atoms with Crippen molar-refractivity contribution in [3.63, 3.8) is 0 Å². The third kappa shape index (κ3) is 5.43.